The van der Waals surface area contributed by atoms with Gasteiger partial charge in [-0.05, 0) is 43.5 Å². The summed E-state index contributed by atoms with van der Waals surface area (Å²) in [5.41, 5.74) is 3.27. The Morgan fingerprint density at radius 2 is 1.88 bits per heavy atom. The van der Waals surface area contributed by atoms with Crippen LogP contribution < -0.4 is 5.32 Å². The van der Waals surface area contributed by atoms with Gasteiger partial charge in [-0.25, -0.2) is 0 Å². The van der Waals surface area contributed by atoms with Crippen LogP contribution in [0.1, 0.15) is 39.5 Å². The van der Waals surface area contributed by atoms with Crippen molar-refractivity contribution in [1.29, 1.82) is 0 Å². The highest BCUT2D eigenvalue weighted by Crippen LogP contribution is 2.29. The molecule has 7 heteroatoms. The number of thiophene rings is 1. The number of carbonyl (C=O) groups is 1. The van der Waals surface area contributed by atoms with Gasteiger partial charge >= 0.3 is 0 Å². The number of hydrogen-bond acceptors (Lipinski definition) is 5. The van der Waals surface area contributed by atoms with Gasteiger partial charge in [-0.1, -0.05) is 36.4 Å². The second-order valence-electron chi connectivity index (χ2n) is 8.40. The minimum atomic E-state index is 0.0278. The van der Waals surface area contributed by atoms with Gasteiger partial charge in [0, 0.05) is 37.3 Å². The van der Waals surface area contributed by atoms with Crippen molar-refractivity contribution in [2.75, 3.05) is 13.1 Å². The third-order valence-electron chi connectivity index (χ3n) is 6.04. The van der Waals surface area contributed by atoms with Crippen molar-refractivity contribution in [3.63, 3.8) is 0 Å². The minimum absolute atomic E-state index is 0.0278. The molecule has 4 aromatic rings. The first-order valence-corrected chi connectivity index (χ1v) is 11.9. The molecule has 0 aliphatic carbocycles. The number of amides is 1. The van der Waals surface area contributed by atoms with Crippen molar-refractivity contribution in [2.24, 2.45) is 0 Å². The number of benzene rings is 1. The number of piperidine rings is 1. The molecule has 0 saturated carbocycles. The van der Waals surface area contributed by atoms with Gasteiger partial charge in [0.15, 0.2) is 0 Å². The Balaban J connectivity index is 1.21. The summed E-state index contributed by atoms with van der Waals surface area (Å²) in [6.45, 7) is 5.53. The lowest BCUT2D eigenvalue weighted by molar-refractivity contribution is 0.0912. The number of aromatic nitrogens is 3. The van der Waals surface area contributed by atoms with Crippen LogP contribution in [-0.4, -0.2) is 44.7 Å². The highest BCUT2D eigenvalue weighted by atomic mass is 32.1. The number of carbonyl (C=O) groups excluding carboxylic acids is 1. The smallest absolute Gasteiger partial charge is 0.261 e. The predicted molar refractivity (Wildman–Crippen MR) is 128 cm³/mol. The van der Waals surface area contributed by atoms with Crippen LogP contribution >= 0.6 is 11.3 Å². The second kappa shape index (κ2) is 9.22. The second-order valence-corrected chi connectivity index (χ2v) is 9.43. The molecule has 3 aromatic heterocycles. The van der Waals surface area contributed by atoms with Crippen LogP contribution in [0.25, 0.3) is 10.2 Å². The number of fused-ring (bicyclic) bond motifs is 1. The van der Waals surface area contributed by atoms with E-state index in [2.05, 4.69) is 38.5 Å². The molecular weight excluding hydrogens is 418 g/mol. The summed E-state index contributed by atoms with van der Waals surface area (Å²) < 4.78 is 2.01. The molecule has 4 heterocycles. The van der Waals surface area contributed by atoms with E-state index in [-0.39, 0.29) is 11.9 Å². The van der Waals surface area contributed by atoms with Gasteiger partial charge in [0.05, 0.1) is 22.8 Å². The molecule has 32 heavy (non-hydrogen) atoms. The molecule has 1 aliphatic heterocycles. The van der Waals surface area contributed by atoms with Gasteiger partial charge in [-0.3, -0.25) is 19.4 Å². The first-order chi connectivity index (χ1) is 15.7. The van der Waals surface area contributed by atoms with E-state index in [1.54, 1.807) is 0 Å². The fourth-order valence-corrected chi connectivity index (χ4v) is 5.36. The van der Waals surface area contributed by atoms with E-state index >= 15 is 0 Å². The molecule has 1 N–H and O–H groups in total. The molecule has 0 spiro atoms. The van der Waals surface area contributed by atoms with E-state index in [4.69, 9.17) is 0 Å². The zero-order valence-corrected chi connectivity index (χ0v) is 19.0. The van der Waals surface area contributed by atoms with Crippen molar-refractivity contribution < 1.29 is 4.79 Å². The third kappa shape index (κ3) is 4.59. The van der Waals surface area contributed by atoms with Gasteiger partial charge in [0.25, 0.3) is 5.91 Å². The van der Waals surface area contributed by atoms with Gasteiger partial charge in [0.1, 0.15) is 4.83 Å². The van der Waals surface area contributed by atoms with E-state index in [1.807, 2.05) is 54.2 Å². The highest BCUT2D eigenvalue weighted by molar-refractivity contribution is 7.20. The largest absolute Gasteiger partial charge is 0.349 e. The van der Waals surface area contributed by atoms with E-state index in [0.717, 1.165) is 59.0 Å². The van der Waals surface area contributed by atoms with Crippen LogP contribution in [0.2, 0.25) is 0 Å². The average Bonchev–Trinajstić information content (AvgIpc) is 3.38. The normalized spacial score (nSPS) is 15.3. The monoisotopic (exact) mass is 445 g/mol. The number of pyridine rings is 1. The number of likely N-dealkylation sites (tertiary alicyclic amines) is 1. The van der Waals surface area contributed by atoms with E-state index < -0.39 is 0 Å². The summed E-state index contributed by atoms with van der Waals surface area (Å²) in [4.78, 5) is 21.6. The number of aryl methyl sites for hydroxylation is 1. The number of nitrogens with zero attached hydrogens (tertiary/aromatic N) is 4. The molecule has 1 saturated heterocycles. The van der Waals surface area contributed by atoms with Crippen LogP contribution in [0.15, 0.2) is 60.8 Å². The van der Waals surface area contributed by atoms with Gasteiger partial charge in [-0.2, -0.15) is 5.10 Å². The molecule has 5 rings (SSSR count). The first kappa shape index (κ1) is 20.8. The van der Waals surface area contributed by atoms with Crippen LogP contribution in [0, 0.1) is 6.92 Å². The van der Waals surface area contributed by atoms with Crippen LogP contribution in [0.5, 0.6) is 0 Å². The standard InChI is InChI=1S/C25H27N5OS/c1-18-22-15-23(32-25(22)30(28-18)16-19-7-3-2-4-8-19)24(31)27-20-10-13-29(14-11-20)17-21-9-5-6-12-26-21/h2-9,12,15,20H,10-11,13-14,16-17H2,1H3,(H,27,31). The van der Waals surface area contributed by atoms with E-state index in [1.165, 1.54) is 16.9 Å². The highest BCUT2D eigenvalue weighted by Gasteiger charge is 2.23. The molecule has 1 fully saturated rings. The minimum Gasteiger partial charge on any atom is -0.349 e. The topological polar surface area (TPSA) is 63.1 Å². The molecule has 0 unspecified atom stereocenters. The number of nitrogens with one attached hydrogen (secondary N) is 1. The first-order valence-electron chi connectivity index (χ1n) is 11.1. The van der Waals surface area contributed by atoms with E-state index in [0.29, 0.717) is 6.54 Å². The van der Waals surface area contributed by atoms with Crippen LogP contribution in [-0.2, 0) is 13.1 Å². The van der Waals surface area contributed by atoms with Crippen molar-refractivity contribution >= 4 is 27.5 Å². The van der Waals surface area contributed by atoms with E-state index in [9.17, 15) is 4.79 Å². The summed E-state index contributed by atoms with van der Waals surface area (Å²) in [6.07, 6.45) is 3.77. The molecule has 0 radical (unpaired) electrons. The Morgan fingerprint density at radius 1 is 1.09 bits per heavy atom. The number of rotatable bonds is 6. The lowest BCUT2D eigenvalue weighted by atomic mass is 10.0. The predicted octanol–water partition coefficient (Wildman–Crippen LogP) is 4.24. The molecule has 164 valence electrons. The van der Waals surface area contributed by atoms with Crippen molar-refractivity contribution in [2.45, 2.75) is 38.9 Å². The fraction of sp³-hybridized carbons (Fsp3) is 0.320. The molecule has 1 aliphatic rings. The number of hydrogen-bond donors (Lipinski definition) is 1. The molecular formula is C25H27N5OS. The lowest BCUT2D eigenvalue weighted by Crippen LogP contribution is -2.44. The molecule has 6 nitrogen and oxygen atoms in total. The van der Waals surface area contributed by atoms with Gasteiger partial charge < -0.3 is 5.32 Å². The quantitative estimate of drug-likeness (QED) is 0.482. The average molecular weight is 446 g/mol. The Kier molecular flexibility index (Phi) is 6.01. The maximum atomic E-state index is 13.0. The van der Waals surface area contributed by atoms with Crippen molar-refractivity contribution in [3.05, 3.63) is 82.6 Å². The molecule has 1 amide bonds. The summed E-state index contributed by atoms with van der Waals surface area (Å²) >= 11 is 1.53. The molecule has 0 atom stereocenters. The summed E-state index contributed by atoms with van der Waals surface area (Å²) in [7, 11) is 0. The van der Waals surface area contributed by atoms with Crippen LogP contribution in [0.4, 0.5) is 0 Å². The SMILES string of the molecule is Cc1nn(Cc2ccccc2)c2sc(C(=O)NC3CCN(Cc4ccccn4)CC3)cc12. The summed E-state index contributed by atoms with van der Waals surface area (Å²) in [5, 5.41) is 9.02. The molecule has 1 aromatic carbocycles. The zero-order valence-electron chi connectivity index (χ0n) is 18.2. The van der Waals surface area contributed by atoms with Gasteiger partial charge in [-0.15, -0.1) is 11.3 Å². The zero-order chi connectivity index (χ0) is 21.9. The van der Waals surface area contributed by atoms with Crippen LogP contribution in [0.3, 0.4) is 0 Å². The van der Waals surface area contributed by atoms with Crippen molar-refractivity contribution in [1.82, 2.24) is 25.0 Å². The Bertz CT molecular complexity index is 1190. The Morgan fingerprint density at radius 3 is 2.62 bits per heavy atom. The maximum absolute atomic E-state index is 13.0. The van der Waals surface area contributed by atoms with Gasteiger partial charge in [0.2, 0.25) is 0 Å². The summed E-state index contributed by atoms with van der Waals surface area (Å²) in [5.74, 6) is 0.0278. The summed E-state index contributed by atoms with van der Waals surface area (Å²) in [6, 6.07) is 18.6. The maximum Gasteiger partial charge on any atom is 0.261 e. The third-order valence-corrected chi connectivity index (χ3v) is 7.19. The molecule has 0 bridgehead atoms. The fourth-order valence-electron chi connectivity index (χ4n) is 4.30. The Hall–Kier alpha value is -3.03. The Labute approximate surface area is 191 Å². The van der Waals surface area contributed by atoms with Crippen molar-refractivity contribution in [3.8, 4) is 0 Å². The lowest BCUT2D eigenvalue weighted by Gasteiger charge is -2.32.